The Labute approximate surface area is 193 Å². The predicted molar refractivity (Wildman–Crippen MR) is 126 cm³/mol. The number of hydrogen-bond donors (Lipinski definition) is 1. The van der Waals surface area contributed by atoms with Crippen LogP contribution < -0.4 is 0 Å². The minimum absolute atomic E-state index is 0.140. The second-order valence-corrected chi connectivity index (χ2v) is 11.0. The van der Waals surface area contributed by atoms with Gasteiger partial charge in [0.1, 0.15) is 0 Å². The van der Waals surface area contributed by atoms with Crippen LogP contribution >= 0.6 is 11.6 Å². The van der Waals surface area contributed by atoms with Crippen LogP contribution in [0.4, 0.5) is 0 Å². The Hall–Kier alpha value is -2.35. The van der Waals surface area contributed by atoms with Crippen LogP contribution in [0, 0.1) is 0 Å². The summed E-state index contributed by atoms with van der Waals surface area (Å²) in [5, 5.41) is 1.52. The molecule has 1 aromatic heterocycles. The third kappa shape index (κ3) is 3.83. The fourth-order valence-corrected chi connectivity index (χ4v) is 6.64. The first-order valence-corrected chi connectivity index (χ1v) is 12.9. The van der Waals surface area contributed by atoms with Crippen molar-refractivity contribution in [2.45, 2.75) is 36.5 Å². The Morgan fingerprint density at radius 3 is 2.47 bits per heavy atom. The molecule has 1 amide bonds. The molecule has 3 heterocycles. The van der Waals surface area contributed by atoms with Crippen LogP contribution in [0.3, 0.4) is 0 Å². The third-order valence-corrected chi connectivity index (χ3v) is 8.94. The van der Waals surface area contributed by atoms with Gasteiger partial charge in [0, 0.05) is 43.3 Å². The van der Waals surface area contributed by atoms with Gasteiger partial charge >= 0.3 is 0 Å². The van der Waals surface area contributed by atoms with Crippen molar-refractivity contribution in [3.05, 3.63) is 64.8 Å². The van der Waals surface area contributed by atoms with E-state index in [2.05, 4.69) is 23.3 Å². The van der Waals surface area contributed by atoms with Gasteiger partial charge in [0.25, 0.3) is 5.91 Å². The molecule has 0 unspecified atom stereocenters. The fraction of sp³-hybridized carbons (Fsp3) is 0.375. The lowest BCUT2D eigenvalue weighted by Gasteiger charge is -2.32. The molecule has 5 rings (SSSR count). The van der Waals surface area contributed by atoms with Crippen LogP contribution in [0.2, 0.25) is 5.02 Å². The monoisotopic (exact) mass is 471 g/mol. The van der Waals surface area contributed by atoms with Crippen LogP contribution in [-0.2, 0) is 10.0 Å². The van der Waals surface area contributed by atoms with E-state index < -0.39 is 10.0 Å². The molecular weight excluding hydrogens is 446 g/mol. The number of para-hydroxylation sites is 1. The Morgan fingerprint density at radius 1 is 1.00 bits per heavy atom. The summed E-state index contributed by atoms with van der Waals surface area (Å²) in [4.78, 5) is 18.5. The van der Waals surface area contributed by atoms with E-state index in [1.54, 1.807) is 4.90 Å². The summed E-state index contributed by atoms with van der Waals surface area (Å²) < 4.78 is 27.3. The summed E-state index contributed by atoms with van der Waals surface area (Å²) in [6.07, 6.45) is 5.53. The summed E-state index contributed by atoms with van der Waals surface area (Å²) >= 11 is 6.34. The highest BCUT2D eigenvalue weighted by molar-refractivity contribution is 7.89. The summed E-state index contributed by atoms with van der Waals surface area (Å²) in [6, 6.07) is 12.7. The number of carbonyl (C=O) groups is 1. The molecule has 0 bridgehead atoms. The first-order chi connectivity index (χ1) is 15.4. The molecule has 0 aliphatic carbocycles. The fourth-order valence-electron chi connectivity index (χ4n) is 4.90. The molecule has 1 N–H and O–H groups in total. The van der Waals surface area contributed by atoms with Gasteiger partial charge in [-0.25, -0.2) is 8.42 Å². The van der Waals surface area contributed by atoms with Crippen LogP contribution in [0.5, 0.6) is 0 Å². The van der Waals surface area contributed by atoms with Gasteiger partial charge in [-0.1, -0.05) is 29.8 Å². The molecule has 2 saturated heterocycles. The summed E-state index contributed by atoms with van der Waals surface area (Å²) in [7, 11) is -3.60. The van der Waals surface area contributed by atoms with Crippen molar-refractivity contribution in [1.82, 2.24) is 14.2 Å². The quantitative estimate of drug-likeness (QED) is 0.603. The van der Waals surface area contributed by atoms with Crippen molar-refractivity contribution in [2.75, 3.05) is 26.2 Å². The number of piperidine rings is 1. The SMILES string of the molecule is O=C(c1cc(S(=O)(=O)N2CCCC2)ccc1Cl)N1CCC(c2c[nH]c3ccccc23)CC1. The normalized spacial score (nSPS) is 18.5. The molecule has 0 spiro atoms. The number of carbonyl (C=O) groups excluding carboxylic acids is 1. The van der Waals surface area contributed by atoms with Gasteiger partial charge in [-0.05, 0) is 61.4 Å². The van der Waals surface area contributed by atoms with Crippen LogP contribution in [0.1, 0.15) is 47.5 Å². The zero-order valence-electron chi connectivity index (χ0n) is 17.8. The van der Waals surface area contributed by atoms with Crippen LogP contribution in [0.25, 0.3) is 10.9 Å². The Kier molecular flexibility index (Phi) is 5.73. The first-order valence-electron chi connectivity index (χ1n) is 11.1. The summed E-state index contributed by atoms with van der Waals surface area (Å²) in [5.74, 6) is 0.179. The number of likely N-dealkylation sites (tertiary alicyclic amines) is 1. The van der Waals surface area contributed by atoms with Crippen molar-refractivity contribution in [1.29, 1.82) is 0 Å². The number of hydrogen-bond acceptors (Lipinski definition) is 3. The average Bonchev–Trinajstić information content (AvgIpc) is 3.50. The van der Waals surface area contributed by atoms with Gasteiger partial charge in [0.15, 0.2) is 0 Å². The average molecular weight is 472 g/mol. The van der Waals surface area contributed by atoms with E-state index in [-0.39, 0.29) is 21.4 Å². The second kappa shape index (κ2) is 8.54. The van der Waals surface area contributed by atoms with Gasteiger partial charge in [0.05, 0.1) is 15.5 Å². The molecule has 3 aromatic rings. The number of aromatic amines is 1. The zero-order chi connectivity index (χ0) is 22.3. The van der Waals surface area contributed by atoms with Crippen LogP contribution in [0.15, 0.2) is 53.6 Å². The lowest BCUT2D eigenvalue weighted by Crippen LogP contribution is -2.38. The van der Waals surface area contributed by atoms with Gasteiger partial charge in [-0.15, -0.1) is 0 Å². The maximum Gasteiger partial charge on any atom is 0.255 e. The van der Waals surface area contributed by atoms with E-state index in [4.69, 9.17) is 11.6 Å². The smallest absolute Gasteiger partial charge is 0.255 e. The number of rotatable bonds is 4. The van der Waals surface area contributed by atoms with Gasteiger partial charge in [-0.3, -0.25) is 4.79 Å². The molecule has 0 radical (unpaired) electrons. The number of sulfonamides is 1. The number of amides is 1. The zero-order valence-corrected chi connectivity index (χ0v) is 19.3. The van der Waals surface area contributed by atoms with Crippen molar-refractivity contribution in [2.24, 2.45) is 0 Å². The number of H-pyrrole nitrogens is 1. The van der Waals surface area contributed by atoms with Crippen molar-refractivity contribution < 1.29 is 13.2 Å². The van der Waals surface area contributed by atoms with E-state index in [0.717, 1.165) is 31.2 Å². The molecule has 0 saturated carbocycles. The number of halogens is 1. The van der Waals surface area contributed by atoms with E-state index in [0.29, 0.717) is 32.1 Å². The number of nitrogens with zero attached hydrogens (tertiary/aromatic N) is 2. The van der Waals surface area contributed by atoms with E-state index in [1.165, 1.54) is 33.5 Å². The molecule has 2 fully saturated rings. The Bertz CT molecular complexity index is 1260. The number of benzene rings is 2. The van der Waals surface area contributed by atoms with Crippen molar-refractivity contribution in [3.63, 3.8) is 0 Å². The molecule has 168 valence electrons. The van der Waals surface area contributed by atoms with Gasteiger partial charge in [0.2, 0.25) is 10.0 Å². The van der Waals surface area contributed by atoms with Gasteiger partial charge < -0.3 is 9.88 Å². The Morgan fingerprint density at radius 2 is 1.72 bits per heavy atom. The lowest BCUT2D eigenvalue weighted by atomic mass is 9.89. The predicted octanol–water partition coefficient (Wildman–Crippen LogP) is 4.63. The molecule has 32 heavy (non-hydrogen) atoms. The van der Waals surface area contributed by atoms with Crippen molar-refractivity contribution >= 4 is 38.4 Å². The van der Waals surface area contributed by atoms with Gasteiger partial charge in [-0.2, -0.15) is 4.31 Å². The second-order valence-electron chi connectivity index (χ2n) is 8.61. The lowest BCUT2D eigenvalue weighted by molar-refractivity contribution is 0.0713. The third-order valence-electron chi connectivity index (χ3n) is 6.71. The maximum absolute atomic E-state index is 13.3. The number of fused-ring (bicyclic) bond motifs is 1. The highest BCUT2D eigenvalue weighted by Crippen LogP contribution is 2.34. The molecule has 6 nitrogen and oxygen atoms in total. The molecule has 8 heteroatoms. The van der Waals surface area contributed by atoms with Crippen molar-refractivity contribution in [3.8, 4) is 0 Å². The Balaban J connectivity index is 1.33. The summed E-state index contributed by atoms with van der Waals surface area (Å²) in [5.41, 5.74) is 2.69. The minimum Gasteiger partial charge on any atom is -0.361 e. The maximum atomic E-state index is 13.3. The van der Waals surface area contributed by atoms with E-state index in [1.807, 2.05) is 12.1 Å². The summed E-state index contributed by atoms with van der Waals surface area (Å²) in [6.45, 7) is 2.27. The highest BCUT2D eigenvalue weighted by atomic mass is 35.5. The standard InChI is InChI=1S/C24H26ClN3O3S/c25-22-8-7-18(32(30,31)28-11-3-4-12-28)15-20(22)24(29)27-13-9-17(10-14-27)21-16-26-23-6-2-1-5-19(21)23/h1-2,5-8,15-17,26H,3-4,9-14H2. The molecule has 2 aliphatic rings. The topological polar surface area (TPSA) is 73.5 Å². The first kappa shape index (κ1) is 21.5. The van der Waals surface area contributed by atoms with E-state index in [9.17, 15) is 13.2 Å². The molecule has 0 atom stereocenters. The minimum atomic E-state index is -3.60. The molecule has 2 aromatic carbocycles. The van der Waals surface area contributed by atoms with Crippen LogP contribution in [-0.4, -0.2) is 54.7 Å². The largest absolute Gasteiger partial charge is 0.361 e. The molecular formula is C24H26ClN3O3S. The number of aromatic nitrogens is 1. The highest BCUT2D eigenvalue weighted by Gasteiger charge is 2.30. The molecule has 2 aliphatic heterocycles. The number of nitrogens with one attached hydrogen (secondary N) is 1. The van der Waals surface area contributed by atoms with E-state index >= 15 is 0 Å².